The maximum atomic E-state index is 13.9. The molecular formula is C31H38ClN3O3. The Balaban J connectivity index is 1.56. The van der Waals surface area contributed by atoms with E-state index in [1.54, 1.807) is 12.0 Å². The quantitative estimate of drug-likeness (QED) is 0.305. The summed E-state index contributed by atoms with van der Waals surface area (Å²) in [6.07, 6.45) is 7.44. The molecule has 6 nitrogen and oxygen atoms in total. The van der Waals surface area contributed by atoms with Crippen LogP contribution in [0.25, 0.3) is 0 Å². The Morgan fingerprint density at radius 1 is 1.00 bits per heavy atom. The molecule has 0 atom stereocenters. The highest BCUT2D eigenvalue weighted by atomic mass is 35.5. The lowest BCUT2D eigenvalue weighted by molar-refractivity contribution is -0.136. The fraction of sp³-hybridized carbons (Fsp3) is 0.419. The highest BCUT2D eigenvalue weighted by molar-refractivity contribution is 6.31. The Morgan fingerprint density at radius 2 is 1.74 bits per heavy atom. The molecule has 2 amide bonds. The average molecular weight is 536 g/mol. The maximum Gasteiger partial charge on any atom is 0.254 e. The summed E-state index contributed by atoms with van der Waals surface area (Å²) in [6.45, 7) is 3.81. The summed E-state index contributed by atoms with van der Waals surface area (Å²) in [4.78, 5) is 31.1. The average Bonchev–Trinajstić information content (AvgIpc) is 3.37. The van der Waals surface area contributed by atoms with Gasteiger partial charge in [0.15, 0.2) is 0 Å². The number of nitrogens with zero attached hydrogens (tertiary/aromatic N) is 3. The van der Waals surface area contributed by atoms with Crippen LogP contribution in [0.15, 0.2) is 66.9 Å². The first-order valence-corrected chi connectivity index (χ1v) is 13.9. The van der Waals surface area contributed by atoms with Crippen molar-refractivity contribution < 1.29 is 14.3 Å². The van der Waals surface area contributed by atoms with Crippen LogP contribution in [0.4, 0.5) is 0 Å². The molecule has 38 heavy (non-hydrogen) atoms. The van der Waals surface area contributed by atoms with Gasteiger partial charge >= 0.3 is 0 Å². The van der Waals surface area contributed by atoms with E-state index in [4.69, 9.17) is 16.3 Å². The molecule has 1 aliphatic carbocycles. The van der Waals surface area contributed by atoms with Gasteiger partial charge < -0.3 is 19.1 Å². The molecule has 0 radical (unpaired) electrons. The van der Waals surface area contributed by atoms with Gasteiger partial charge in [-0.3, -0.25) is 9.59 Å². The van der Waals surface area contributed by atoms with Crippen LogP contribution in [0.1, 0.15) is 59.3 Å². The van der Waals surface area contributed by atoms with Crippen molar-refractivity contribution in [2.24, 2.45) is 0 Å². The number of halogens is 1. The predicted octanol–water partition coefficient (Wildman–Crippen LogP) is 5.95. The molecule has 2 aromatic carbocycles. The standard InChI is InChI=1S/C31H38ClN3O3/c1-24-11-6-8-16-28(24)31(37)34(19-20-38-2)23-30(36)35(26-13-4-3-5-14-26)22-27-15-10-18-33(27)21-25-12-7-9-17-29(25)32/h6-12,15-18,26H,3-5,13-14,19-23H2,1-2H3. The van der Waals surface area contributed by atoms with Gasteiger partial charge in [-0.1, -0.05) is 67.3 Å². The monoisotopic (exact) mass is 535 g/mol. The first kappa shape index (κ1) is 27.9. The Morgan fingerprint density at radius 3 is 2.47 bits per heavy atom. The zero-order chi connectivity index (χ0) is 26.9. The summed E-state index contributed by atoms with van der Waals surface area (Å²) >= 11 is 6.44. The molecule has 0 N–H and O–H groups in total. The number of amides is 2. The smallest absolute Gasteiger partial charge is 0.254 e. The second-order valence-electron chi connectivity index (χ2n) is 10.1. The van der Waals surface area contributed by atoms with Crippen LogP contribution in [0.3, 0.4) is 0 Å². The van der Waals surface area contributed by atoms with E-state index in [9.17, 15) is 9.59 Å². The number of hydrogen-bond acceptors (Lipinski definition) is 3. The lowest BCUT2D eigenvalue weighted by atomic mass is 9.94. The van der Waals surface area contributed by atoms with Gasteiger partial charge in [0.2, 0.25) is 5.91 Å². The Kier molecular flexibility index (Phi) is 10.0. The van der Waals surface area contributed by atoms with Crippen molar-refractivity contribution in [2.45, 2.75) is 58.2 Å². The van der Waals surface area contributed by atoms with Crippen molar-refractivity contribution in [1.29, 1.82) is 0 Å². The van der Waals surface area contributed by atoms with Crippen LogP contribution in [-0.4, -0.2) is 59.0 Å². The van der Waals surface area contributed by atoms with Crippen LogP contribution >= 0.6 is 11.6 Å². The number of aromatic nitrogens is 1. The van der Waals surface area contributed by atoms with E-state index in [1.807, 2.05) is 72.6 Å². The number of aryl methyl sites for hydroxylation is 1. The largest absolute Gasteiger partial charge is 0.383 e. The van der Waals surface area contributed by atoms with Crippen molar-refractivity contribution in [1.82, 2.24) is 14.4 Å². The molecule has 0 unspecified atom stereocenters. The van der Waals surface area contributed by atoms with Crippen LogP contribution in [0.5, 0.6) is 0 Å². The van der Waals surface area contributed by atoms with Gasteiger partial charge in [-0.05, 0) is 55.2 Å². The van der Waals surface area contributed by atoms with Gasteiger partial charge in [0.05, 0.1) is 13.2 Å². The second kappa shape index (κ2) is 13.6. The van der Waals surface area contributed by atoms with Crippen molar-refractivity contribution in [3.05, 3.63) is 94.3 Å². The van der Waals surface area contributed by atoms with Crippen LogP contribution < -0.4 is 0 Å². The third kappa shape index (κ3) is 7.06. The maximum absolute atomic E-state index is 13.9. The minimum Gasteiger partial charge on any atom is -0.383 e. The molecule has 0 saturated heterocycles. The summed E-state index contributed by atoms with van der Waals surface area (Å²) < 4.78 is 7.44. The van der Waals surface area contributed by atoms with Gasteiger partial charge in [-0.15, -0.1) is 0 Å². The van der Waals surface area contributed by atoms with E-state index in [0.717, 1.165) is 47.5 Å². The number of methoxy groups -OCH3 is 1. The van der Waals surface area contributed by atoms with Crippen LogP contribution in [-0.2, 0) is 22.6 Å². The van der Waals surface area contributed by atoms with Gasteiger partial charge in [-0.25, -0.2) is 0 Å². The van der Waals surface area contributed by atoms with E-state index >= 15 is 0 Å². The van der Waals surface area contributed by atoms with Crippen molar-refractivity contribution in [2.75, 3.05) is 26.8 Å². The van der Waals surface area contributed by atoms with Crippen LogP contribution in [0.2, 0.25) is 5.02 Å². The van der Waals surface area contributed by atoms with E-state index in [-0.39, 0.29) is 24.4 Å². The minimum absolute atomic E-state index is 0.0260. The number of carbonyl (C=O) groups is 2. The summed E-state index contributed by atoms with van der Waals surface area (Å²) in [6, 6.07) is 19.6. The highest BCUT2D eigenvalue weighted by Gasteiger charge is 2.29. The lowest BCUT2D eigenvalue weighted by Gasteiger charge is -2.36. The number of hydrogen-bond donors (Lipinski definition) is 0. The molecule has 1 aromatic heterocycles. The number of rotatable bonds is 11. The molecule has 0 bridgehead atoms. The Labute approximate surface area is 231 Å². The first-order chi connectivity index (χ1) is 18.5. The number of benzene rings is 2. The second-order valence-corrected chi connectivity index (χ2v) is 10.5. The molecule has 0 spiro atoms. The van der Waals surface area contributed by atoms with Crippen molar-refractivity contribution in [3.8, 4) is 0 Å². The topological polar surface area (TPSA) is 54.8 Å². The number of ether oxygens (including phenoxy) is 1. The molecule has 0 aliphatic heterocycles. The normalized spacial score (nSPS) is 13.9. The molecule has 1 heterocycles. The van der Waals surface area contributed by atoms with Gasteiger partial charge in [0.1, 0.15) is 6.54 Å². The summed E-state index contributed by atoms with van der Waals surface area (Å²) in [5.41, 5.74) is 3.61. The van der Waals surface area contributed by atoms with E-state index < -0.39 is 0 Å². The molecule has 7 heteroatoms. The van der Waals surface area contributed by atoms with E-state index in [0.29, 0.717) is 31.8 Å². The van der Waals surface area contributed by atoms with Gasteiger partial charge in [0, 0.05) is 48.7 Å². The lowest BCUT2D eigenvalue weighted by Crippen LogP contribution is -2.48. The van der Waals surface area contributed by atoms with Gasteiger partial charge in [-0.2, -0.15) is 0 Å². The molecule has 4 rings (SSSR count). The highest BCUT2D eigenvalue weighted by Crippen LogP contribution is 2.26. The zero-order valence-corrected chi connectivity index (χ0v) is 23.2. The van der Waals surface area contributed by atoms with Gasteiger partial charge in [0.25, 0.3) is 5.91 Å². The molecule has 1 fully saturated rings. The Hall–Kier alpha value is -3.09. The first-order valence-electron chi connectivity index (χ1n) is 13.5. The van der Waals surface area contributed by atoms with Crippen LogP contribution in [0, 0.1) is 6.92 Å². The summed E-state index contributed by atoms with van der Waals surface area (Å²) in [7, 11) is 1.61. The molecule has 3 aromatic rings. The summed E-state index contributed by atoms with van der Waals surface area (Å²) in [5.74, 6) is -0.167. The van der Waals surface area contributed by atoms with Crippen molar-refractivity contribution in [3.63, 3.8) is 0 Å². The zero-order valence-electron chi connectivity index (χ0n) is 22.4. The van der Waals surface area contributed by atoms with E-state index in [1.165, 1.54) is 6.42 Å². The van der Waals surface area contributed by atoms with Crippen molar-refractivity contribution >= 4 is 23.4 Å². The van der Waals surface area contributed by atoms with E-state index in [2.05, 4.69) is 10.6 Å². The minimum atomic E-state index is -0.140. The fourth-order valence-corrected chi connectivity index (χ4v) is 5.43. The molecule has 1 aliphatic rings. The molecular weight excluding hydrogens is 498 g/mol. The predicted molar refractivity (Wildman–Crippen MR) is 151 cm³/mol. The Bertz CT molecular complexity index is 1220. The summed E-state index contributed by atoms with van der Waals surface area (Å²) in [5, 5.41) is 0.732. The third-order valence-electron chi connectivity index (χ3n) is 7.44. The molecule has 1 saturated carbocycles. The third-order valence-corrected chi connectivity index (χ3v) is 7.81. The SMILES string of the molecule is COCCN(CC(=O)N(Cc1cccn1Cc1ccccc1Cl)C1CCCCC1)C(=O)c1ccccc1C. The molecule has 202 valence electrons. The number of carbonyl (C=O) groups excluding carboxylic acids is 2. The fourth-order valence-electron chi connectivity index (χ4n) is 5.24.